The number of hydrogen-bond acceptors (Lipinski definition) is 3. The highest BCUT2D eigenvalue weighted by Gasteiger charge is 2.22. The van der Waals surface area contributed by atoms with Gasteiger partial charge in [-0.15, -0.1) is 0 Å². The van der Waals surface area contributed by atoms with Crippen molar-refractivity contribution in [2.75, 3.05) is 0 Å². The lowest BCUT2D eigenvalue weighted by Gasteiger charge is -2.09. The number of hydrogen-bond donors (Lipinski definition) is 1. The first-order valence-electron chi connectivity index (χ1n) is 4.85. The molecule has 1 amide bonds. The number of nitrogens with one attached hydrogen (secondary N) is 1. The molecule has 0 heterocycles. The third kappa shape index (κ3) is 3.00. The summed E-state index contributed by atoms with van der Waals surface area (Å²) in [6.07, 6.45) is 0. The lowest BCUT2D eigenvalue weighted by atomic mass is 10.2. The Kier molecular flexibility index (Phi) is 4.00. The number of sulfonamides is 1. The van der Waals surface area contributed by atoms with Gasteiger partial charge in [-0.3, -0.25) is 4.79 Å². The predicted molar refractivity (Wildman–Crippen MR) is 57.8 cm³/mol. The Labute approximate surface area is 102 Å². The molecule has 0 aromatic heterocycles. The van der Waals surface area contributed by atoms with Crippen LogP contribution in [0.5, 0.6) is 0 Å². The molecule has 8 heteroatoms. The van der Waals surface area contributed by atoms with Gasteiger partial charge < -0.3 is 0 Å². The zero-order valence-electron chi connectivity index (χ0n) is 9.50. The maximum atomic E-state index is 12.8. The Hall–Kier alpha value is -1.57. The van der Waals surface area contributed by atoms with Crippen LogP contribution >= 0.6 is 0 Å². The van der Waals surface area contributed by atoms with Gasteiger partial charge in [0, 0.05) is 5.56 Å². The number of carbonyl (C=O) groups excluding carboxylic acids is 1. The number of halogens is 3. The van der Waals surface area contributed by atoms with Gasteiger partial charge in [-0.2, -0.15) is 0 Å². The van der Waals surface area contributed by atoms with Crippen molar-refractivity contribution in [2.24, 2.45) is 0 Å². The van der Waals surface area contributed by atoms with Gasteiger partial charge >= 0.3 is 0 Å². The van der Waals surface area contributed by atoms with E-state index in [-0.39, 0.29) is 0 Å². The van der Waals surface area contributed by atoms with Crippen LogP contribution in [0.15, 0.2) is 12.1 Å². The van der Waals surface area contributed by atoms with E-state index < -0.39 is 44.2 Å². The normalized spacial score (nSPS) is 11.7. The zero-order chi connectivity index (χ0) is 14.1. The lowest BCUT2D eigenvalue weighted by Crippen LogP contribution is -2.35. The fraction of sp³-hybridized carbons (Fsp3) is 0.300. The summed E-state index contributed by atoms with van der Waals surface area (Å²) >= 11 is 0. The summed E-state index contributed by atoms with van der Waals surface area (Å²) in [5, 5.41) is -0.892. The molecule has 0 aliphatic carbocycles. The Morgan fingerprint density at radius 2 is 1.61 bits per heavy atom. The van der Waals surface area contributed by atoms with Crippen molar-refractivity contribution in [3.8, 4) is 0 Å². The van der Waals surface area contributed by atoms with Gasteiger partial charge in [0.2, 0.25) is 10.0 Å². The van der Waals surface area contributed by atoms with Crippen LogP contribution in [0.25, 0.3) is 0 Å². The van der Waals surface area contributed by atoms with E-state index in [0.29, 0.717) is 12.1 Å². The van der Waals surface area contributed by atoms with Gasteiger partial charge in [0.25, 0.3) is 5.91 Å². The van der Waals surface area contributed by atoms with Crippen LogP contribution in [0, 0.1) is 17.5 Å². The summed E-state index contributed by atoms with van der Waals surface area (Å²) in [4.78, 5) is 11.4. The molecular formula is C10H10F3NO3S. The molecule has 0 bridgehead atoms. The molecule has 0 saturated carbocycles. The van der Waals surface area contributed by atoms with Crippen LogP contribution < -0.4 is 4.72 Å². The summed E-state index contributed by atoms with van der Waals surface area (Å²) in [7, 11) is -3.92. The first-order valence-corrected chi connectivity index (χ1v) is 6.40. The summed E-state index contributed by atoms with van der Waals surface area (Å²) in [5.74, 6) is -6.08. The fourth-order valence-corrected chi connectivity index (χ4v) is 1.60. The summed E-state index contributed by atoms with van der Waals surface area (Å²) in [5.41, 5.74) is -0.615. The molecule has 1 aromatic carbocycles. The quantitative estimate of drug-likeness (QED) is 0.855. The standard InChI is InChI=1S/C10H10F3NO3S/c1-5(2)18(16,17)14-10(15)6-3-7(11)9(13)8(12)4-6/h3-5H,1-2H3,(H,14,15). The Morgan fingerprint density at radius 3 is 2.00 bits per heavy atom. The zero-order valence-corrected chi connectivity index (χ0v) is 10.3. The van der Waals surface area contributed by atoms with E-state index in [9.17, 15) is 26.4 Å². The number of amides is 1. The van der Waals surface area contributed by atoms with Gasteiger partial charge in [-0.1, -0.05) is 0 Å². The van der Waals surface area contributed by atoms with Crippen LogP contribution in [-0.2, 0) is 10.0 Å². The molecule has 0 aliphatic heterocycles. The van der Waals surface area contributed by atoms with Crippen molar-refractivity contribution in [1.29, 1.82) is 0 Å². The average molecular weight is 281 g/mol. The number of carbonyl (C=O) groups is 1. The van der Waals surface area contributed by atoms with Gasteiger partial charge in [0.1, 0.15) is 0 Å². The van der Waals surface area contributed by atoms with Gasteiger partial charge in [0.15, 0.2) is 17.5 Å². The second kappa shape index (κ2) is 4.97. The van der Waals surface area contributed by atoms with E-state index >= 15 is 0 Å². The molecule has 100 valence electrons. The molecule has 4 nitrogen and oxygen atoms in total. The Morgan fingerprint density at radius 1 is 1.17 bits per heavy atom. The van der Waals surface area contributed by atoms with Gasteiger partial charge in [-0.25, -0.2) is 26.3 Å². The van der Waals surface area contributed by atoms with Crippen LogP contribution in [-0.4, -0.2) is 19.6 Å². The first-order chi connectivity index (χ1) is 8.15. The molecule has 0 aliphatic rings. The van der Waals surface area contributed by atoms with Crippen molar-refractivity contribution < 1.29 is 26.4 Å². The molecule has 0 spiro atoms. The molecule has 0 atom stereocenters. The maximum absolute atomic E-state index is 12.8. The monoisotopic (exact) mass is 281 g/mol. The van der Waals surface area contributed by atoms with E-state index in [1.54, 1.807) is 4.72 Å². The van der Waals surface area contributed by atoms with Crippen molar-refractivity contribution in [3.05, 3.63) is 35.1 Å². The summed E-state index contributed by atoms with van der Waals surface area (Å²) in [6, 6.07) is 0.840. The summed E-state index contributed by atoms with van der Waals surface area (Å²) < 4.78 is 62.7. The van der Waals surface area contributed by atoms with Crippen LogP contribution in [0.4, 0.5) is 13.2 Å². The second-order valence-electron chi connectivity index (χ2n) is 3.78. The van der Waals surface area contributed by atoms with E-state index in [1.807, 2.05) is 0 Å². The number of benzene rings is 1. The van der Waals surface area contributed by atoms with Crippen molar-refractivity contribution >= 4 is 15.9 Å². The molecule has 1 aromatic rings. The van der Waals surface area contributed by atoms with Crippen molar-refractivity contribution in [3.63, 3.8) is 0 Å². The molecule has 0 saturated heterocycles. The molecule has 0 radical (unpaired) electrons. The SMILES string of the molecule is CC(C)S(=O)(=O)NC(=O)c1cc(F)c(F)c(F)c1. The van der Waals surface area contributed by atoms with Gasteiger partial charge in [0.05, 0.1) is 5.25 Å². The minimum absolute atomic E-state index is 0.420. The largest absolute Gasteiger partial charge is 0.268 e. The lowest BCUT2D eigenvalue weighted by molar-refractivity contribution is 0.0980. The van der Waals surface area contributed by atoms with E-state index in [1.165, 1.54) is 13.8 Å². The average Bonchev–Trinajstić information content (AvgIpc) is 2.24. The smallest absolute Gasteiger partial charge is 0.264 e. The Bertz CT molecular complexity index is 561. The third-order valence-electron chi connectivity index (χ3n) is 2.10. The van der Waals surface area contributed by atoms with Crippen LogP contribution in [0.2, 0.25) is 0 Å². The second-order valence-corrected chi connectivity index (χ2v) is 6.02. The van der Waals surface area contributed by atoms with E-state index in [4.69, 9.17) is 0 Å². The third-order valence-corrected chi connectivity index (χ3v) is 3.81. The van der Waals surface area contributed by atoms with Crippen LogP contribution in [0.3, 0.4) is 0 Å². The maximum Gasteiger partial charge on any atom is 0.264 e. The Balaban J connectivity index is 3.07. The summed E-state index contributed by atoms with van der Waals surface area (Å²) in [6.45, 7) is 2.64. The number of rotatable bonds is 3. The predicted octanol–water partition coefficient (Wildman–Crippen LogP) is 1.57. The molecule has 0 unspecified atom stereocenters. The molecular weight excluding hydrogens is 271 g/mol. The highest BCUT2D eigenvalue weighted by Crippen LogP contribution is 2.14. The molecule has 1 rings (SSSR count). The highest BCUT2D eigenvalue weighted by atomic mass is 32.2. The van der Waals surface area contributed by atoms with Crippen molar-refractivity contribution in [2.45, 2.75) is 19.1 Å². The topological polar surface area (TPSA) is 63.2 Å². The fourth-order valence-electron chi connectivity index (χ4n) is 0.993. The highest BCUT2D eigenvalue weighted by molar-refractivity contribution is 7.90. The van der Waals surface area contributed by atoms with E-state index in [2.05, 4.69) is 0 Å². The minimum Gasteiger partial charge on any atom is -0.268 e. The molecule has 18 heavy (non-hydrogen) atoms. The van der Waals surface area contributed by atoms with E-state index in [0.717, 1.165) is 0 Å². The van der Waals surface area contributed by atoms with Gasteiger partial charge in [-0.05, 0) is 26.0 Å². The first kappa shape index (κ1) is 14.5. The van der Waals surface area contributed by atoms with Crippen molar-refractivity contribution in [1.82, 2.24) is 4.72 Å². The van der Waals surface area contributed by atoms with Crippen LogP contribution in [0.1, 0.15) is 24.2 Å². The molecule has 1 N–H and O–H groups in total. The minimum atomic E-state index is -3.92. The molecule has 0 fully saturated rings.